The molecule has 1 aliphatic carbocycles. The third-order valence-electron chi connectivity index (χ3n) is 8.24. The first kappa shape index (κ1) is 35.0. The highest BCUT2D eigenvalue weighted by Gasteiger charge is 2.30. The molecule has 0 saturated heterocycles. The molecule has 256 valence electrons. The molecule has 1 atom stereocenters. The Balaban J connectivity index is 1.19. The second kappa shape index (κ2) is 16.2. The van der Waals surface area contributed by atoms with Gasteiger partial charge in [-0.1, -0.05) is 91.0 Å². The number of carbonyl (C=O) groups is 3. The molecule has 5 rings (SSSR count). The van der Waals surface area contributed by atoms with E-state index in [4.69, 9.17) is 14.2 Å². The van der Waals surface area contributed by atoms with Crippen molar-refractivity contribution in [2.45, 2.75) is 64.3 Å². The normalized spacial score (nSPS) is 12.7. The lowest BCUT2D eigenvalue weighted by molar-refractivity contribution is -0.132. The van der Waals surface area contributed by atoms with Gasteiger partial charge >= 0.3 is 12.2 Å². The van der Waals surface area contributed by atoms with Gasteiger partial charge in [-0.3, -0.25) is 4.79 Å². The second-order valence-corrected chi connectivity index (χ2v) is 13.2. The van der Waals surface area contributed by atoms with Gasteiger partial charge in [0.25, 0.3) is 0 Å². The molecule has 0 heterocycles. The molecule has 2 N–H and O–H groups in total. The topological polar surface area (TPSA) is 106 Å². The highest BCUT2D eigenvalue weighted by atomic mass is 16.6. The Hall–Kier alpha value is -5.31. The van der Waals surface area contributed by atoms with Crippen LogP contribution in [0.2, 0.25) is 0 Å². The summed E-state index contributed by atoms with van der Waals surface area (Å²) in [5.74, 6) is 0.358. The van der Waals surface area contributed by atoms with Crippen molar-refractivity contribution in [3.8, 4) is 16.9 Å². The summed E-state index contributed by atoms with van der Waals surface area (Å²) in [6.07, 6.45) is -0.488. The van der Waals surface area contributed by atoms with Gasteiger partial charge in [0.15, 0.2) is 0 Å². The first-order chi connectivity index (χ1) is 23.6. The summed E-state index contributed by atoms with van der Waals surface area (Å²) < 4.78 is 17.0. The molecule has 0 fully saturated rings. The van der Waals surface area contributed by atoms with Crippen molar-refractivity contribution >= 4 is 18.1 Å². The van der Waals surface area contributed by atoms with Gasteiger partial charge in [-0.05, 0) is 79.1 Å². The predicted octanol–water partition coefficient (Wildman–Crippen LogP) is 7.44. The minimum atomic E-state index is -0.866. The number of nitrogens with one attached hydrogen (secondary N) is 2. The van der Waals surface area contributed by atoms with Gasteiger partial charge < -0.3 is 29.7 Å². The highest BCUT2D eigenvalue weighted by Crippen LogP contribution is 2.44. The molecule has 0 aliphatic heterocycles. The van der Waals surface area contributed by atoms with E-state index < -0.39 is 23.8 Å². The largest absolute Gasteiger partial charge is 0.489 e. The Morgan fingerprint density at radius 3 is 2.02 bits per heavy atom. The van der Waals surface area contributed by atoms with Crippen molar-refractivity contribution in [2.24, 2.45) is 0 Å². The van der Waals surface area contributed by atoms with Crippen molar-refractivity contribution in [3.63, 3.8) is 0 Å². The lowest BCUT2D eigenvalue weighted by Gasteiger charge is -2.25. The number of fused-ring (bicyclic) bond motifs is 3. The predicted molar refractivity (Wildman–Crippen MR) is 189 cm³/mol. The van der Waals surface area contributed by atoms with Crippen LogP contribution in [0.5, 0.6) is 5.75 Å². The summed E-state index contributed by atoms with van der Waals surface area (Å²) >= 11 is 0. The fourth-order valence-electron chi connectivity index (χ4n) is 5.90. The van der Waals surface area contributed by atoms with Gasteiger partial charge in [0.1, 0.15) is 30.6 Å². The van der Waals surface area contributed by atoms with Crippen LogP contribution >= 0.6 is 0 Å². The van der Waals surface area contributed by atoms with Crippen molar-refractivity contribution in [3.05, 3.63) is 125 Å². The number of amides is 3. The maximum atomic E-state index is 13.7. The number of ether oxygens (including phenoxy) is 3. The first-order valence-electron chi connectivity index (χ1n) is 16.7. The fraction of sp³-hybridized carbons (Fsp3) is 0.325. The number of rotatable bonds is 13. The zero-order chi connectivity index (χ0) is 34.8. The van der Waals surface area contributed by atoms with Gasteiger partial charge in [0, 0.05) is 26.1 Å². The van der Waals surface area contributed by atoms with Crippen molar-refractivity contribution < 1.29 is 28.6 Å². The summed E-state index contributed by atoms with van der Waals surface area (Å²) in [6, 6.07) is 32.9. The van der Waals surface area contributed by atoms with Crippen LogP contribution in [0.4, 0.5) is 9.59 Å². The molecule has 3 amide bonds. The Morgan fingerprint density at radius 2 is 1.39 bits per heavy atom. The molecule has 4 aromatic carbocycles. The Morgan fingerprint density at radius 1 is 0.776 bits per heavy atom. The number of hydrogen-bond donors (Lipinski definition) is 2. The quantitative estimate of drug-likeness (QED) is 0.144. The molecule has 9 heteroatoms. The summed E-state index contributed by atoms with van der Waals surface area (Å²) in [5.41, 5.74) is 5.85. The van der Waals surface area contributed by atoms with Gasteiger partial charge in [0.05, 0.1) is 0 Å². The molecule has 0 radical (unpaired) electrons. The van der Waals surface area contributed by atoms with E-state index >= 15 is 0 Å². The molecule has 0 bridgehead atoms. The molecule has 4 aromatic rings. The minimum Gasteiger partial charge on any atom is -0.489 e. The smallest absolute Gasteiger partial charge is 0.407 e. The van der Waals surface area contributed by atoms with Gasteiger partial charge in [-0.2, -0.15) is 0 Å². The molecule has 1 aliphatic rings. The summed E-state index contributed by atoms with van der Waals surface area (Å²) in [5, 5.41) is 5.53. The van der Waals surface area contributed by atoms with E-state index in [1.165, 1.54) is 0 Å². The van der Waals surface area contributed by atoms with Crippen LogP contribution in [0.3, 0.4) is 0 Å². The minimum absolute atomic E-state index is 0.104. The highest BCUT2D eigenvalue weighted by molar-refractivity contribution is 5.85. The molecular weight excluding hydrogens is 618 g/mol. The monoisotopic (exact) mass is 663 g/mol. The van der Waals surface area contributed by atoms with Crippen molar-refractivity contribution in [1.29, 1.82) is 0 Å². The maximum Gasteiger partial charge on any atom is 0.407 e. The van der Waals surface area contributed by atoms with Gasteiger partial charge in [0.2, 0.25) is 5.91 Å². The zero-order valence-electron chi connectivity index (χ0n) is 28.6. The number of benzene rings is 4. The lowest BCUT2D eigenvalue weighted by Crippen LogP contribution is -2.47. The molecule has 0 spiro atoms. The van der Waals surface area contributed by atoms with Crippen LogP contribution < -0.4 is 15.4 Å². The first-order valence-corrected chi connectivity index (χ1v) is 16.7. The van der Waals surface area contributed by atoms with E-state index in [1.807, 2.05) is 78.9 Å². The molecular formula is C40H45N3O6. The SMILES string of the molecule is CN(Cc1ccc(OCc2ccccc2)cc1)C(=O)[C@@H](CCCNC(=O)OC(C)(C)C)NC(=O)OCC1c2ccccc2-c2ccccc21. The molecule has 0 saturated carbocycles. The van der Waals surface area contributed by atoms with Gasteiger partial charge in [-0.15, -0.1) is 0 Å². The summed E-state index contributed by atoms with van der Waals surface area (Å²) in [7, 11) is 1.70. The molecule has 0 unspecified atom stereocenters. The van der Waals surface area contributed by atoms with Crippen molar-refractivity contribution in [2.75, 3.05) is 20.2 Å². The number of carbonyl (C=O) groups excluding carboxylic acids is 3. The third kappa shape index (κ3) is 9.85. The standard InChI is InChI=1S/C40H45N3O6/c1-40(2,3)49-38(45)41-24-12-19-36(37(44)43(4)25-28-20-22-30(23-21-28)47-26-29-13-6-5-7-14-29)42-39(46)48-27-35-33-17-10-8-15-31(33)32-16-9-11-18-34(32)35/h5-11,13-18,20-23,35-36H,12,19,24-27H2,1-4H3,(H,41,45)(H,42,46)/t36-/m1/s1. The number of nitrogens with zero attached hydrogens (tertiary/aromatic N) is 1. The number of likely N-dealkylation sites (N-methyl/N-ethyl adjacent to an activating group) is 1. The number of hydrogen-bond acceptors (Lipinski definition) is 6. The van der Waals surface area contributed by atoms with E-state index in [9.17, 15) is 14.4 Å². The van der Waals surface area contributed by atoms with E-state index in [1.54, 1.807) is 32.7 Å². The van der Waals surface area contributed by atoms with E-state index in [2.05, 4.69) is 34.9 Å². The van der Waals surface area contributed by atoms with Gasteiger partial charge in [-0.25, -0.2) is 9.59 Å². The maximum absolute atomic E-state index is 13.7. The average molecular weight is 664 g/mol. The summed E-state index contributed by atoms with van der Waals surface area (Å²) in [6.45, 7) is 6.58. The van der Waals surface area contributed by atoms with Crippen LogP contribution in [-0.2, 0) is 27.4 Å². The zero-order valence-corrected chi connectivity index (χ0v) is 28.6. The Bertz CT molecular complexity index is 1670. The van der Waals surface area contributed by atoms with Crippen molar-refractivity contribution in [1.82, 2.24) is 15.5 Å². The second-order valence-electron chi connectivity index (χ2n) is 13.2. The molecule has 49 heavy (non-hydrogen) atoms. The van der Waals surface area contributed by atoms with Crippen LogP contribution in [0.25, 0.3) is 11.1 Å². The van der Waals surface area contributed by atoms with Crippen LogP contribution in [0.1, 0.15) is 61.8 Å². The van der Waals surface area contributed by atoms with E-state index in [0.29, 0.717) is 19.6 Å². The van der Waals surface area contributed by atoms with Crippen LogP contribution in [-0.4, -0.2) is 54.8 Å². The summed E-state index contributed by atoms with van der Waals surface area (Å²) in [4.78, 5) is 40.7. The molecule has 0 aromatic heterocycles. The average Bonchev–Trinajstić information content (AvgIpc) is 3.41. The third-order valence-corrected chi connectivity index (χ3v) is 8.24. The van der Waals surface area contributed by atoms with E-state index in [-0.39, 0.29) is 31.4 Å². The Kier molecular flexibility index (Phi) is 11.6. The van der Waals surface area contributed by atoms with Crippen LogP contribution in [0.15, 0.2) is 103 Å². The number of alkyl carbamates (subject to hydrolysis) is 2. The lowest BCUT2D eigenvalue weighted by atomic mass is 9.98. The molecule has 9 nitrogen and oxygen atoms in total. The Labute approximate surface area is 288 Å². The fourth-order valence-corrected chi connectivity index (χ4v) is 5.90. The van der Waals surface area contributed by atoms with E-state index in [0.717, 1.165) is 39.1 Å². The van der Waals surface area contributed by atoms with Crippen LogP contribution in [0, 0.1) is 0 Å².